The summed E-state index contributed by atoms with van der Waals surface area (Å²) < 4.78 is 32.2. The van der Waals surface area contributed by atoms with Gasteiger partial charge in [-0.15, -0.1) is 0 Å². The molecule has 8 heteroatoms. The van der Waals surface area contributed by atoms with Crippen molar-refractivity contribution in [2.75, 3.05) is 13.2 Å². The highest BCUT2D eigenvalue weighted by molar-refractivity contribution is 9.10. The molecule has 0 fully saturated rings. The first-order chi connectivity index (χ1) is 8.86. The van der Waals surface area contributed by atoms with Gasteiger partial charge in [0.1, 0.15) is 10.6 Å². The predicted molar refractivity (Wildman–Crippen MR) is 72.8 cm³/mol. The molecular weight excluding hydrogens is 338 g/mol. The molecule has 19 heavy (non-hydrogen) atoms. The van der Waals surface area contributed by atoms with E-state index in [-0.39, 0.29) is 23.6 Å². The number of aliphatic carboxylic acids is 1. The molecule has 1 rings (SSSR count). The average Bonchev–Trinajstić information content (AvgIpc) is 2.31. The number of benzene rings is 1. The normalized spacial score (nSPS) is 11.3. The fourth-order valence-corrected chi connectivity index (χ4v) is 3.05. The van der Waals surface area contributed by atoms with Gasteiger partial charge in [0.25, 0.3) is 0 Å². The van der Waals surface area contributed by atoms with E-state index in [0.29, 0.717) is 11.1 Å². The quantitative estimate of drug-likeness (QED) is 0.778. The number of ether oxygens (including phenoxy) is 1. The van der Waals surface area contributed by atoms with Crippen LogP contribution in [0, 0.1) is 0 Å². The van der Waals surface area contributed by atoms with Gasteiger partial charge in [-0.25, -0.2) is 13.1 Å². The minimum atomic E-state index is -3.80. The van der Waals surface area contributed by atoms with Crippen LogP contribution in [0.3, 0.4) is 0 Å². The molecule has 0 unspecified atom stereocenters. The number of nitrogens with one attached hydrogen (secondary N) is 1. The van der Waals surface area contributed by atoms with Gasteiger partial charge in [0, 0.05) is 11.0 Å². The van der Waals surface area contributed by atoms with Crippen LogP contribution in [0.4, 0.5) is 0 Å². The van der Waals surface area contributed by atoms with Crippen LogP contribution >= 0.6 is 15.9 Å². The highest BCUT2D eigenvalue weighted by Gasteiger charge is 2.20. The Morgan fingerprint density at radius 2 is 2.16 bits per heavy atom. The van der Waals surface area contributed by atoms with E-state index < -0.39 is 16.0 Å². The van der Waals surface area contributed by atoms with Crippen molar-refractivity contribution in [3.05, 3.63) is 22.7 Å². The van der Waals surface area contributed by atoms with E-state index in [1.54, 1.807) is 19.1 Å². The Balaban J connectivity index is 2.98. The Morgan fingerprint density at radius 1 is 1.47 bits per heavy atom. The van der Waals surface area contributed by atoms with Crippen molar-refractivity contribution in [3.8, 4) is 5.75 Å². The monoisotopic (exact) mass is 351 g/mol. The molecule has 0 aromatic heterocycles. The zero-order valence-electron chi connectivity index (χ0n) is 10.2. The number of carbonyl (C=O) groups is 1. The highest BCUT2D eigenvalue weighted by Crippen LogP contribution is 2.27. The summed E-state index contributed by atoms with van der Waals surface area (Å²) in [6, 6.07) is 4.62. The smallest absolute Gasteiger partial charge is 0.304 e. The van der Waals surface area contributed by atoms with Crippen LogP contribution in [0.1, 0.15) is 13.3 Å². The molecule has 0 amide bonds. The van der Waals surface area contributed by atoms with E-state index in [4.69, 9.17) is 9.84 Å². The summed E-state index contributed by atoms with van der Waals surface area (Å²) in [6.45, 7) is 1.91. The summed E-state index contributed by atoms with van der Waals surface area (Å²) in [6.07, 6.45) is -0.281. The molecule has 0 spiro atoms. The van der Waals surface area contributed by atoms with Gasteiger partial charge in [-0.05, 0) is 25.1 Å². The number of hydrogen-bond acceptors (Lipinski definition) is 4. The van der Waals surface area contributed by atoms with Crippen LogP contribution in [0.2, 0.25) is 0 Å². The lowest BCUT2D eigenvalue weighted by molar-refractivity contribution is -0.136. The van der Waals surface area contributed by atoms with E-state index >= 15 is 0 Å². The number of carboxylic acids is 1. The molecule has 0 saturated carbocycles. The first kappa shape index (κ1) is 15.9. The first-order valence-corrected chi connectivity index (χ1v) is 7.78. The van der Waals surface area contributed by atoms with Gasteiger partial charge in [-0.2, -0.15) is 0 Å². The summed E-state index contributed by atoms with van der Waals surface area (Å²) in [5.41, 5.74) is 0. The van der Waals surface area contributed by atoms with E-state index in [9.17, 15) is 13.2 Å². The minimum Gasteiger partial charge on any atom is -0.492 e. The predicted octanol–water partition coefficient (Wildman–Crippen LogP) is 1.60. The van der Waals surface area contributed by atoms with Gasteiger partial charge in [-0.3, -0.25) is 4.79 Å². The Morgan fingerprint density at radius 3 is 2.74 bits per heavy atom. The van der Waals surface area contributed by atoms with Crippen LogP contribution < -0.4 is 9.46 Å². The van der Waals surface area contributed by atoms with Crippen LogP contribution in [0.15, 0.2) is 27.6 Å². The van der Waals surface area contributed by atoms with Crippen LogP contribution in [0.5, 0.6) is 5.75 Å². The fraction of sp³-hybridized carbons (Fsp3) is 0.364. The Hall–Kier alpha value is -1.12. The molecule has 0 aliphatic heterocycles. The zero-order valence-corrected chi connectivity index (χ0v) is 12.6. The topological polar surface area (TPSA) is 92.7 Å². The van der Waals surface area contributed by atoms with Gasteiger partial charge in [0.2, 0.25) is 10.0 Å². The van der Waals surface area contributed by atoms with E-state index in [2.05, 4.69) is 20.7 Å². The largest absolute Gasteiger partial charge is 0.492 e. The lowest BCUT2D eigenvalue weighted by atomic mass is 10.3. The van der Waals surface area contributed by atoms with Gasteiger partial charge in [-0.1, -0.05) is 15.9 Å². The minimum absolute atomic E-state index is 0.0193. The van der Waals surface area contributed by atoms with Crippen molar-refractivity contribution in [2.45, 2.75) is 18.2 Å². The second kappa shape index (κ2) is 6.88. The van der Waals surface area contributed by atoms with Crippen molar-refractivity contribution in [3.63, 3.8) is 0 Å². The highest BCUT2D eigenvalue weighted by atomic mass is 79.9. The van der Waals surface area contributed by atoms with E-state index in [0.717, 1.165) is 0 Å². The SMILES string of the molecule is CCOc1ccc(Br)cc1S(=O)(=O)NCCC(=O)O. The third kappa shape index (κ3) is 4.81. The maximum atomic E-state index is 12.1. The molecule has 0 aliphatic carbocycles. The van der Waals surface area contributed by atoms with Crippen molar-refractivity contribution >= 4 is 31.9 Å². The number of sulfonamides is 1. The number of halogens is 1. The second-order valence-electron chi connectivity index (χ2n) is 3.57. The number of hydrogen-bond donors (Lipinski definition) is 2. The van der Waals surface area contributed by atoms with Crippen molar-refractivity contribution in [2.24, 2.45) is 0 Å². The number of carboxylic acid groups (broad SMARTS) is 1. The molecule has 1 aromatic rings. The summed E-state index contributed by atoms with van der Waals surface area (Å²) in [7, 11) is -3.80. The van der Waals surface area contributed by atoms with Crippen molar-refractivity contribution in [1.82, 2.24) is 4.72 Å². The molecule has 0 bridgehead atoms. The molecule has 0 heterocycles. The standard InChI is InChI=1S/C11H14BrNO5S/c1-2-18-9-4-3-8(12)7-10(9)19(16,17)13-6-5-11(14)15/h3-4,7,13H,2,5-6H2,1H3,(H,14,15). The fourth-order valence-electron chi connectivity index (χ4n) is 1.34. The van der Waals surface area contributed by atoms with Crippen LogP contribution in [0.25, 0.3) is 0 Å². The number of rotatable bonds is 7. The molecule has 0 radical (unpaired) electrons. The third-order valence-electron chi connectivity index (χ3n) is 2.13. The Kier molecular flexibility index (Phi) is 5.77. The van der Waals surface area contributed by atoms with Crippen molar-refractivity contribution < 1.29 is 23.1 Å². The average molecular weight is 352 g/mol. The van der Waals surface area contributed by atoms with Gasteiger partial charge < -0.3 is 9.84 Å². The molecule has 0 atom stereocenters. The van der Waals surface area contributed by atoms with Gasteiger partial charge in [0.15, 0.2) is 0 Å². The van der Waals surface area contributed by atoms with Crippen LogP contribution in [-0.4, -0.2) is 32.6 Å². The maximum absolute atomic E-state index is 12.1. The second-order valence-corrected chi connectivity index (χ2v) is 6.22. The Bertz CT molecular complexity index is 558. The molecule has 2 N–H and O–H groups in total. The maximum Gasteiger partial charge on any atom is 0.304 e. The van der Waals surface area contributed by atoms with Crippen LogP contribution in [-0.2, 0) is 14.8 Å². The van der Waals surface area contributed by atoms with Gasteiger partial charge in [0.05, 0.1) is 13.0 Å². The lowest BCUT2D eigenvalue weighted by Gasteiger charge is -2.11. The molecule has 1 aromatic carbocycles. The van der Waals surface area contributed by atoms with Gasteiger partial charge >= 0.3 is 5.97 Å². The summed E-state index contributed by atoms with van der Waals surface area (Å²) >= 11 is 3.19. The zero-order chi connectivity index (χ0) is 14.5. The van der Waals surface area contributed by atoms with E-state index in [1.807, 2.05) is 0 Å². The van der Waals surface area contributed by atoms with E-state index in [1.165, 1.54) is 6.07 Å². The molecule has 0 saturated heterocycles. The molecule has 106 valence electrons. The summed E-state index contributed by atoms with van der Waals surface area (Å²) in [5, 5.41) is 8.50. The van der Waals surface area contributed by atoms with Crippen molar-refractivity contribution in [1.29, 1.82) is 0 Å². The first-order valence-electron chi connectivity index (χ1n) is 5.50. The molecule has 6 nitrogen and oxygen atoms in total. The molecule has 0 aliphatic rings. The lowest BCUT2D eigenvalue weighted by Crippen LogP contribution is -2.26. The Labute approximate surface area is 120 Å². The summed E-state index contributed by atoms with van der Waals surface area (Å²) in [4.78, 5) is 10.4. The molecular formula is C11H14BrNO5S. The third-order valence-corrected chi connectivity index (χ3v) is 4.10. The summed E-state index contributed by atoms with van der Waals surface area (Å²) in [5.74, 6) is -0.838.